The number of nitriles is 1. The highest BCUT2D eigenvalue weighted by Crippen LogP contribution is 2.39. The minimum Gasteiger partial charge on any atom is -0.364 e. The van der Waals surface area contributed by atoms with Crippen LogP contribution in [0.4, 0.5) is 0 Å². The Morgan fingerprint density at radius 2 is 2.19 bits per heavy atom. The molecule has 4 heteroatoms. The summed E-state index contributed by atoms with van der Waals surface area (Å²) >= 11 is 0. The molecule has 1 aliphatic carbocycles. The minimum atomic E-state index is 0.0213. The molecule has 0 spiro atoms. The molecule has 0 saturated heterocycles. The number of isocyanates is 1. The molecule has 1 saturated carbocycles. The SMILES string of the molecule is CC1CC([N+](=C=O)COC#N)CC(C)(C)C1. The highest BCUT2D eigenvalue weighted by Gasteiger charge is 2.38. The molecule has 1 rings (SSSR count). The lowest BCUT2D eigenvalue weighted by molar-refractivity contribution is -0.600. The second-order valence-electron chi connectivity index (χ2n) is 5.49. The van der Waals surface area contributed by atoms with Crippen LogP contribution in [-0.4, -0.2) is 23.4 Å². The first kappa shape index (κ1) is 12.7. The van der Waals surface area contributed by atoms with Gasteiger partial charge in [-0.2, -0.15) is 10.1 Å². The van der Waals surface area contributed by atoms with Crippen LogP contribution in [0.2, 0.25) is 0 Å². The van der Waals surface area contributed by atoms with E-state index >= 15 is 0 Å². The zero-order chi connectivity index (χ0) is 12.2. The molecule has 0 heterocycles. The van der Waals surface area contributed by atoms with Gasteiger partial charge in [-0.05, 0) is 17.8 Å². The molecule has 0 aromatic carbocycles. The average Bonchev–Trinajstić information content (AvgIpc) is 2.15. The Morgan fingerprint density at radius 3 is 2.69 bits per heavy atom. The number of nitrogens with zero attached hydrogens (tertiary/aromatic N) is 2. The predicted molar refractivity (Wildman–Crippen MR) is 58.1 cm³/mol. The molecule has 0 aliphatic heterocycles. The second kappa shape index (κ2) is 5.14. The fourth-order valence-electron chi connectivity index (χ4n) is 2.84. The fraction of sp³-hybridized carbons (Fsp3) is 0.833. The number of hydrogen-bond donors (Lipinski definition) is 0. The van der Waals surface area contributed by atoms with Crippen LogP contribution in [0.3, 0.4) is 0 Å². The van der Waals surface area contributed by atoms with Gasteiger partial charge in [0.25, 0.3) is 6.26 Å². The summed E-state index contributed by atoms with van der Waals surface area (Å²) in [4.78, 5) is 10.8. The molecular formula is C12H19N2O2+. The maximum atomic E-state index is 10.8. The van der Waals surface area contributed by atoms with Crippen molar-refractivity contribution in [2.75, 3.05) is 6.73 Å². The Bertz CT molecular complexity index is 337. The Hall–Kier alpha value is -1.33. The standard InChI is InChI=1S/C12H19N2O2/c1-10-4-11(6-12(2,3)5-10)14(8-15)9-16-7-13/h10-11H,4-6,9H2,1-3H3/q+1. The van der Waals surface area contributed by atoms with Crippen molar-refractivity contribution in [3.8, 4) is 6.26 Å². The van der Waals surface area contributed by atoms with Crippen molar-refractivity contribution in [3.63, 3.8) is 0 Å². The van der Waals surface area contributed by atoms with E-state index in [9.17, 15) is 4.79 Å². The molecule has 0 N–H and O–H groups in total. The van der Waals surface area contributed by atoms with E-state index in [2.05, 4.69) is 25.5 Å². The van der Waals surface area contributed by atoms with Gasteiger partial charge in [0.1, 0.15) is 0 Å². The van der Waals surface area contributed by atoms with E-state index in [0.29, 0.717) is 5.92 Å². The fourth-order valence-corrected chi connectivity index (χ4v) is 2.84. The van der Waals surface area contributed by atoms with Crippen molar-refractivity contribution < 1.29 is 14.1 Å². The molecule has 0 bridgehead atoms. The lowest BCUT2D eigenvalue weighted by Crippen LogP contribution is -2.38. The zero-order valence-corrected chi connectivity index (χ0v) is 10.2. The first-order valence-corrected chi connectivity index (χ1v) is 5.64. The largest absolute Gasteiger partial charge is 0.427 e. The summed E-state index contributed by atoms with van der Waals surface area (Å²) in [6, 6.07) is 0.143. The zero-order valence-electron chi connectivity index (χ0n) is 10.2. The molecule has 1 aliphatic rings. The lowest BCUT2D eigenvalue weighted by Gasteiger charge is -2.35. The first-order chi connectivity index (χ1) is 7.48. The van der Waals surface area contributed by atoms with E-state index in [1.807, 2.05) is 6.08 Å². The summed E-state index contributed by atoms with van der Waals surface area (Å²) in [6.07, 6.45) is 6.54. The molecule has 4 nitrogen and oxygen atoms in total. The summed E-state index contributed by atoms with van der Waals surface area (Å²) in [7, 11) is 0. The first-order valence-electron chi connectivity index (χ1n) is 5.64. The molecule has 0 aromatic heterocycles. The van der Waals surface area contributed by atoms with Gasteiger partial charge in [-0.1, -0.05) is 20.8 Å². The van der Waals surface area contributed by atoms with Gasteiger partial charge in [-0.15, -0.1) is 4.58 Å². The average molecular weight is 223 g/mol. The van der Waals surface area contributed by atoms with E-state index in [0.717, 1.165) is 12.8 Å². The van der Waals surface area contributed by atoms with Crippen LogP contribution < -0.4 is 0 Å². The Morgan fingerprint density at radius 1 is 1.50 bits per heavy atom. The molecular weight excluding hydrogens is 204 g/mol. The van der Waals surface area contributed by atoms with E-state index in [-0.39, 0.29) is 18.2 Å². The second-order valence-corrected chi connectivity index (χ2v) is 5.49. The van der Waals surface area contributed by atoms with Gasteiger partial charge >= 0.3 is 12.8 Å². The normalized spacial score (nSPS) is 27.6. The Balaban J connectivity index is 2.71. The maximum absolute atomic E-state index is 10.8. The molecule has 0 radical (unpaired) electrons. The van der Waals surface area contributed by atoms with Gasteiger partial charge in [-0.3, -0.25) is 0 Å². The van der Waals surface area contributed by atoms with E-state index in [4.69, 9.17) is 5.26 Å². The maximum Gasteiger partial charge on any atom is 0.427 e. The van der Waals surface area contributed by atoms with Crippen molar-refractivity contribution in [1.29, 1.82) is 5.26 Å². The highest BCUT2D eigenvalue weighted by molar-refractivity contribution is 5.25. The van der Waals surface area contributed by atoms with Crippen molar-refractivity contribution in [1.82, 2.24) is 0 Å². The Kier molecular flexibility index (Phi) is 4.09. The van der Waals surface area contributed by atoms with Crippen LogP contribution in [-0.2, 0) is 9.53 Å². The van der Waals surface area contributed by atoms with Crippen LogP contribution in [0.1, 0.15) is 40.0 Å². The minimum absolute atomic E-state index is 0.0213. The van der Waals surface area contributed by atoms with Gasteiger partial charge in [0.2, 0.25) is 0 Å². The monoisotopic (exact) mass is 223 g/mol. The molecule has 0 aromatic rings. The van der Waals surface area contributed by atoms with Crippen molar-refractivity contribution in [2.24, 2.45) is 11.3 Å². The van der Waals surface area contributed by atoms with Crippen molar-refractivity contribution >= 4 is 6.08 Å². The van der Waals surface area contributed by atoms with Crippen molar-refractivity contribution in [2.45, 2.75) is 46.1 Å². The van der Waals surface area contributed by atoms with Crippen LogP contribution in [0.25, 0.3) is 0 Å². The third kappa shape index (κ3) is 3.36. The third-order valence-electron chi connectivity index (χ3n) is 3.19. The van der Waals surface area contributed by atoms with Crippen LogP contribution in [0.15, 0.2) is 0 Å². The van der Waals surface area contributed by atoms with Crippen LogP contribution in [0.5, 0.6) is 0 Å². The highest BCUT2D eigenvalue weighted by atomic mass is 16.5. The summed E-state index contributed by atoms with van der Waals surface area (Å²) < 4.78 is 6.08. The summed E-state index contributed by atoms with van der Waals surface area (Å²) in [5.74, 6) is 0.590. The molecule has 2 atom stereocenters. The van der Waals surface area contributed by atoms with Crippen molar-refractivity contribution in [3.05, 3.63) is 0 Å². The molecule has 1 fully saturated rings. The molecule has 16 heavy (non-hydrogen) atoms. The van der Waals surface area contributed by atoms with Crippen LogP contribution >= 0.6 is 0 Å². The van der Waals surface area contributed by atoms with Gasteiger partial charge < -0.3 is 4.74 Å². The third-order valence-corrected chi connectivity index (χ3v) is 3.19. The topological polar surface area (TPSA) is 53.1 Å². The summed E-state index contributed by atoms with van der Waals surface area (Å²) in [5, 5.41) is 8.33. The number of hydrogen-bond acceptors (Lipinski definition) is 3. The van der Waals surface area contributed by atoms with E-state index in [1.165, 1.54) is 11.0 Å². The number of carbonyl (C=O) groups excluding carboxylic acids is 1. The van der Waals surface area contributed by atoms with E-state index in [1.54, 1.807) is 6.26 Å². The number of rotatable bonds is 3. The van der Waals surface area contributed by atoms with Gasteiger partial charge in [0, 0.05) is 12.8 Å². The van der Waals surface area contributed by atoms with Gasteiger partial charge in [0.05, 0.1) is 0 Å². The predicted octanol–water partition coefficient (Wildman–Crippen LogP) is 2.00. The quantitative estimate of drug-likeness (QED) is 0.242. The number of ether oxygens (including phenoxy) is 1. The lowest BCUT2D eigenvalue weighted by atomic mass is 9.70. The van der Waals surface area contributed by atoms with Gasteiger partial charge in [-0.25, -0.2) is 0 Å². The van der Waals surface area contributed by atoms with Crippen LogP contribution in [0, 0.1) is 22.9 Å². The summed E-state index contributed by atoms with van der Waals surface area (Å²) in [5.41, 5.74) is 0.240. The van der Waals surface area contributed by atoms with E-state index < -0.39 is 0 Å². The molecule has 88 valence electrons. The smallest absolute Gasteiger partial charge is 0.364 e. The molecule has 2 unspecified atom stereocenters. The molecule has 0 amide bonds. The van der Waals surface area contributed by atoms with Gasteiger partial charge in [0.15, 0.2) is 6.04 Å². The summed E-state index contributed by atoms with van der Waals surface area (Å²) in [6.45, 7) is 6.64. The Labute approximate surface area is 96.5 Å².